The summed E-state index contributed by atoms with van der Waals surface area (Å²) in [5.41, 5.74) is 4.71. The van der Waals surface area contributed by atoms with Crippen LogP contribution in [-0.4, -0.2) is 10.9 Å². The Labute approximate surface area is 86.5 Å². The van der Waals surface area contributed by atoms with Crippen molar-refractivity contribution in [3.05, 3.63) is 27.1 Å². The maximum absolute atomic E-state index is 12.3. The number of halogens is 3. The number of nitrogens with two attached hydrogens (primary N) is 1. The molecule has 13 heavy (non-hydrogen) atoms. The number of aromatic nitrogens is 1. The average molecular weight is 298 g/mol. The molecule has 1 aromatic heterocycles. The van der Waals surface area contributed by atoms with Crippen molar-refractivity contribution in [1.82, 2.24) is 4.98 Å². The third-order valence-corrected chi connectivity index (χ3v) is 2.61. The molecule has 1 rings (SSSR count). The van der Waals surface area contributed by atoms with Gasteiger partial charge in [-0.3, -0.25) is 9.78 Å². The first-order valence-corrected chi connectivity index (χ1v) is 4.33. The number of carbonyl (C=O) groups excluding carboxylic acids is 1. The zero-order valence-corrected chi connectivity index (χ0v) is 8.46. The number of alkyl halides is 2. The fourth-order valence-corrected chi connectivity index (χ4v) is 1.56. The van der Waals surface area contributed by atoms with Crippen molar-refractivity contribution in [2.75, 3.05) is 0 Å². The first-order chi connectivity index (χ1) is 6.04. The van der Waals surface area contributed by atoms with Crippen molar-refractivity contribution in [3.63, 3.8) is 0 Å². The van der Waals surface area contributed by atoms with E-state index in [1.165, 1.54) is 6.20 Å². The van der Waals surface area contributed by atoms with Crippen LogP contribution in [0.3, 0.4) is 0 Å². The van der Waals surface area contributed by atoms with Crippen molar-refractivity contribution in [3.8, 4) is 0 Å². The molecular formula is C7H5F2IN2O. The molecule has 0 aliphatic heterocycles. The van der Waals surface area contributed by atoms with Crippen molar-refractivity contribution < 1.29 is 13.6 Å². The van der Waals surface area contributed by atoms with E-state index in [0.717, 1.165) is 6.20 Å². The number of primary amides is 1. The van der Waals surface area contributed by atoms with Crippen molar-refractivity contribution >= 4 is 28.5 Å². The number of pyridine rings is 1. The van der Waals surface area contributed by atoms with Gasteiger partial charge >= 0.3 is 0 Å². The Hall–Kier alpha value is -0.790. The largest absolute Gasteiger partial charge is 0.366 e. The highest BCUT2D eigenvalue weighted by Gasteiger charge is 2.16. The lowest BCUT2D eigenvalue weighted by molar-refractivity contribution is 0.0998. The zero-order chi connectivity index (χ0) is 10.0. The highest BCUT2D eigenvalue weighted by molar-refractivity contribution is 14.1. The SMILES string of the molecule is NC(=O)c1cncc(C(F)F)c1I. The van der Waals surface area contributed by atoms with E-state index >= 15 is 0 Å². The summed E-state index contributed by atoms with van der Waals surface area (Å²) in [5, 5.41) is 0. The summed E-state index contributed by atoms with van der Waals surface area (Å²) in [6.45, 7) is 0. The van der Waals surface area contributed by atoms with Crippen LogP contribution in [-0.2, 0) is 0 Å². The minimum Gasteiger partial charge on any atom is -0.366 e. The quantitative estimate of drug-likeness (QED) is 0.845. The molecule has 1 heterocycles. The van der Waals surface area contributed by atoms with Crippen molar-refractivity contribution in [2.45, 2.75) is 6.43 Å². The van der Waals surface area contributed by atoms with E-state index in [0.29, 0.717) is 0 Å². The molecule has 6 heteroatoms. The lowest BCUT2D eigenvalue weighted by Gasteiger charge is -2.04. The fourth-order valence-electron chi connectivity index (χ4n) is 0.785. The smallest absolute Gasteiger partial charge is 0.266 e. The van der Waals surface area contributed by atoms with Crippen LogP contribution in [0.1, 0.15) is 22.3 Å². The molecule has 1 amide bonds. The number of hydrogen-bond donors (Lipinski definition) is 1. The van der Waals surface area contributed by atoms with Crippen molar-refractivity contribution in [1.29, 1.82) is 0 Å². The van der Waals surface area contributed by atoms with E-state index < -0.39 is 12.3 Å². The lowest BCUT2D eigenvalue weighted by atomic mass is 10.2. The maximum Gasteiger partial charge on any atom is 0.266 e. The van der Waals surface area contributed by atoms with E-state index in [1.807, 2.05) is 0 Å². The normalized spacial score (nSPS) is 10.5. The monoisotopic (exact) mass is 298 g/mol. The topological polar surface area (TPSA) is 56.0 Å². The van der Waals surface area contributed by atoms with Gasteiger partial charge in [-0.25, -0.2) is 8.78 Å². The highest BCUT2D eigenvalue weighted by Crippen LogP contribution is 2.25. The van der Waals surface area contributed by atoms with Crippen LogP contribution in [0, 0.1) is 3.57 Å². The van der Waals surface area contributed by atoms with E-state index in [1.54, 1.807) is 22.6 Å². The zero-order valence-electron chi connectivity index (χ0n) is 6.30. The molecule has 0 saturated carbocycles. The van der Waals surface area contributed by atoms with Crippen LogP contribution in [0.4, 0.5) is 8.78 Å². The molecule has 70 valence electrons. The minimum atomic E-state index is -2.64. The molecule has 2 N–H and O–H groups in total. The van der Waals surface area contributed by atoms with Gasteiger partial charge < -0.3 is 5.73 Å². The second kappa shape index (κ2) is 3.95. The summed E-state index contributed by atoms with van der Waals surface area (Å²) < 4.78 is 24.7. The molecule has 0 bridgehead atoms. The summed E-state index contributed by atoms with van der Waals surface area (Å²) >= 11 is 1.65. The molecule has 0 saturated heterocycles. The molecule has 1 aromatic rings. The number of hydrogen-bond acceptors (Lipinski definition) is 2. The van der Waals surface area contributed by atoms with Crippen LogP contribution in [0.5, 0.6) is 0 Å². The fraction of sp³-hybridized carbons (Fsp3) is 0.143. The third-order valence-electron chi connectivity index (χ3n) is 1.41. The molecule has 3 nitrogen and oxygen atoms in total. The summed E-state index contributed by atoms with van der Waals surface area (Å²) in [6, 6.07) is 0. The Morgan fingerprint density at radius 1 is 1.54 bits per heavy atom. The average Bonchev–Trinajstić information content (AvgIpc) is 2.03. The summed E-state index contributed by atoms with van der Waals surface area (Å²) in [4.78, 5) is 14.2. The molecule has 0 aromatic carbocycles. The van der Waals surface area contributed by atoms with Gasteiger partial charge in [-0.15, -0.1) is 0 Å². The van der Waals surface area contributed by atoms with Gasteiger partial charge in [-0.1, -0.05) is 0 Å². The van der Waals surface area contributed by atoms with Gasteiger partial charge in [0, 0.05) is 16.0 Å². The van der Waals surface area contributed by atoms with Crippen LogP contribution in [0.2, 0.25) is 0 Å². The van der Waals surface area contributed by atoms with Gasteiger partial charge in [-0.05, 0) is 22.6 Å². The molecule has 0 unspecified atom stereocenters. The first-order valence-electron chi connectivity index (χ1n) is 3.25. The highest BCUT2D eigenvalue weighted by atomic mass is 127. The van der Waals surface area contributed by atoms with Crippen LogP contribution in [0.25, 0.3) is 0 Å². The van der Waals surface area contributed by atoms with E-state index in [9.17, 15) is 13.6 Å². The Morgan fingerprint density at radius 2 is 2.15 bits per heavy atom. The van der Waals surface area contributed by atoms with Gasteiger partial charge in [0.15, 0.2) is 0 Å². The Bertz CT molecular complexity index is 343. The molecule has 0 atom stereocenters. The Kier molecular flexibility index (Phi) is 3.12. The summed E-state index contributed by atoms with van der Waals surface area (Å²) in [6.07, 6.45) is -0.437. The van der Waals surface area contributed by atoms with Gasteiger partial charge in [0.2, 0.25) is 0 Å². The Morgan fingerprint density at radius 3 is 2.62 bits per heavy atom. The summed E-state index contributed by atoms with van der Waals surface area (Å²) in [7, 11) is 0. The number of nitrogens with zero attached hydrogens (tertiary/aromatic N) is 1. The molecular weight excluding hydrogens is 293 g/mol. The Balaban J connectivity index is 3.26. The van der Waals surface area contributed by atoms with Crippen LogP contribution < -0.4 is 5.73 Å². The van der Waals surface area contributed by atoms with Crippen LogP contribution >= 0.6 is 22.6 Å². The molecule has 0 aliphatic rings. The van der Waals surface area contributed by atoms with E-state index in [4.69, 9.17) is 5.73 Å². The number of carbonyl (C=O) groups is 1. The minimum absolute atomic E-state index is 0.0263. The lowest BCUT2D eigenvalue weighted by Crippen LogP contribution is -2.14. The maximum atomic E-state index is 12.3. The predicted molar refractivity (Wildman–Crippen MR) is 50.4 cm³/mol. The van der Waals surface area contributed by atoms with Crippen LogP contribution in [0.15, 0.2) is 12.4 Å². The van der Waals surface area contributed by atoms with Gasteiger partial charge in [0.05, 0.1) is 11.1 Å². The van der Waals surface area contributed by atoms with E-state index in [-0.39, 0.29) is 14.7 Å². The predicted octanol–water partition coefficient (Wildman–Crippen LogP) is 1.72. The molecule has 0 spiro atoms. The van der Waals surface area contributed by atoms with Gasteiger partial charge in [0.25, 0.3) is 12.3 Å². The molecule has 0 fully saturated rings. The van der Waals surface area contributed by atoms with Crippen molar-refractivity contribution in [2.24, 2.45) is 5.73 Å². The molecule has 0 radical (unpaired) electrons. The number of rotatable bonds is 2. The second-order valence-electron chi connectivity index (χ2n) is 2.26. The standard InChI is InChI=1S/C7H5F2IN2O/c8-6(9)3-1-12-2-4(5(3)10)7(11)13/h1-2,6H,(H2,11,13). The molecule has 0 aliphatic carbocycles. The van der Waals surface area contributed by atoms with E-state index in [2.05, 4.69) is 4.98 Å². The number of amides is 1. The summed E-state index contributed by atoms with van der Waals surface area (Å²) in [5.74, 6) is -0.751. The second-order valence-corrected chi connectivity index (χ2v) is 3.33. The third kappa shape index (κ3) is 2.11. The first kappa shape index (κ1) is 10.3. The van der Waals surface area contributed by atoms with Gasteiger partial charge in [-0.2, -0.15) is 0 Å². The van der Waals surface area contributed by atoms with Gasteiger partial charge in [0.1, 0.15) is 0 Å².